The molecular formula is C14H18N2O3. The molecule has 1 aliphatic heterocycles. The van der Waals surface area contributed by atoms with Crippen molar-refractivity contribution in [3.05, 3.63) is 29.3 Å². The number of hydrogen-bond acceptors (Lipinski definition) is 4. The van der Waals surface area contributed by atoms with Gasteiger partial charge in [-0.05, 0) is 38.0 Å². The molecule has 1 heterocycles. The number of hydrogen-bond donors (Lipinski definition) is 2. The Balaban J connectivity index is 2.02. The van der Waals surface area contributed by atoms with E-state index in [1.807, 2.05) is 12.1 Å². The van der Waals surface area contributed by atoms with Gasteiger partial charge in [0.15, 0.2) is 0 Å². The maximum atomic E-state index is 12.0. The zero-order chi connectivity index (χ0) is 13.8. The Morgan fingerprint density at radius 2 is 2.26 bits per heavy atom. The van der Waals surface area contributed by atoms with E-state index in [-0.39, 0.29) is 5.91 Å². The van der Waals surface area contributed by atoms with E-state index >= 15 is 0 Å². The smallest absolute Gasteiger partial charge is 0.328 e. The van der Waals surface area contributed by atoms with Crippen LogP contribution in [0.5, 0.6) is 0 Å². The molecule has 1 aromatic carbocycles. The van der Waals surface area contributed by atoms with Crippen LogP contribution in [0.4, 0.5) is 5.69 Å². The molecule has 0 aromatic heterocycles. The molecule has 1 unspecified atom stereocenters. The molecule has 0 aliphatic carbocycles. The van der Waals surface area contributed by atoms with E-state index in [2.05, 4.69) is 10.6 Å². The number of rotatable bonds is 4. The Morgan fingerprint density at radius 1 is 1.47 bits per heavy atom. The van der Waals surface area contributed by atoms with E-state index in [1.165, 1.54) is 5.56 Å². The van der Waals surface area contributed by atoms with Crippen molar-refractivity contribution in [1.29, 1.82) is 0 Å². The van der Waals surface area contributed by atoms with Crippen LogP contribution in [0.1, 0.15) is 29.8 Å². The highest BCUT2D eigenvalue weighted by atomic mass is 16.5. The van der Waals surface area contributed by atoms with Crippen molar-refractivity contribution in [3.8, 4) is 0 Å². The van der Waals surface area contributed by atoms with E-state index in [1.54, 1.807) is 19.9 Å². The van der Waals surface area contributed by atoms with Crippen LogP contribution in [0.15, 0.2) is 18.2 Å². The molecule has 19 heavy (non-hydrogen) atoms. The van der Waals surface area contributed by atoms with E-state index in [9.17, 15) is 9.59 Å². The summed E-state index contributed by atoms with van der Waals surface area (Å²) in [5, 5.41) is 5.85. The predicted octanol–water partition coefficient (Wildman–Crippen LogP) is 1.34. The highest BCUT2D eigenvalue weighted by Crippen LogP contribution is 2.23. The van der Waals surface area contributed by atoms with Crippen LogP contribution in [0.2, 0.25) is 0 Å². The quantitative estimate of drug-likeness (QED) is 0.803. The summed E-state index contributed by atoms with van der Waals surface area (Å²) in [6.07, 6.45) is 0.983. The van der Waals surface area contributed by atoms with Crippen molar-refractivity contribution in [1.82, 2.24) is 5.32 Å². The monoisotopic (exact) mass is 262 g/mol. The Morgan fingerprint density at radius 3 is 3.00 bits per heavy atom. The first-order chi connectivity index (χ1) is 9.11. The van der Waals surface area contributed by atoms with E-state index in [0.717, 1.165) is 18.7 Å². The summed E-state index contributed by atoms with van der Waals surface area (Å²) in [6.45, 7) is 4.56. The lowest BCUT2D eigenvalue weighted by molar-refractivity contribution is -0.144. The van der Waals surface area contributed by atoms with Gasteiger partial charge in [-0.25, -0.2) is 4.79 Å². The van der Waals surface area contributed by atoms with Gasteiger partial charge in [0.25, 0.3) is 5.91 Å². The van der Waals surface area contributed by atoms with Gasteiger partial charge in [-0.3, -0.25) is 4.79 Å². The van der Waals surface area contributed by atoms with Crippen molar-refractivity contribution < 1.29 is 14.3 Å². The lowest BCUT2D eigenvalue weighted by Crippen LogP contribution is -2.39. The molecule has 1 aromatic rings. The fourth-order valence-electron chi connectivity index (χ4n) is 2.04. The summed E-state index contributed by atoms with van der Waals surface area (Å²) in [5.74, 6) is -0.688. The van der Waals surface area contributed by atoms with Crippen LogP contribution in [0.3, 0.4) is 0 Å². The summed E-state index contributed by atoms with van der Waals surface area (Å²) < 4.78 is 4.85. The molecule has 2 rings (SSSR count). The summed E-state index contributed by atoms with van der Waals surface area (Å²) >= 11 is 0. The minimum atomic E-state index is -0.645. The summed E-state index contributed by atoms with van der Waals surface area (Å²) in [5.41, 5.74) is 2.76. The number of nitrogens with one attached hydrogen (secondary N) is 2. The summed E-state index contributed by atoms with van der Waals surface area (Å²) in [6, 6.07) is 4.89. The largest absolute Gasteiger partial charge is 0.464 e. The molecule has 0 spiro atoms. The second-order valence-corrected chi connectivity index (χ2v) is 4.50. The normalized spacial score (nSPS) is 14.2. The molecule has 1 aliphatic rings. The molecule has 0 saturated carbocycles. The number of anilines is 1. The number of benzene rings is 1. The molecule has 0 radical (unpaired) electrons. The lowest BCUT2D eigenvalue weighted by Gasteiger charge is -2.13. The van der Waals surface area contributed by atoms with Gasteiger partial charge >= 0.3 is 5.97 Å². The zero-order valence-electron chi connectivity index (χ0n) is 11.2. The van der Waals surface area contributed by atoms with Gasteiger partial charge in [-0.15, -0.1) is 0 Å². The van der Waals surface area contributed by atoms with Crippen molar-refractivity contribution in [2.45, 2.75) is 26.3 Å². The molecule has 2 N–H and O–H groups in total. The summed E-state index contributed by atoms with van der Waals surface area (Å²) in [4.78, 5) is 23.5. The highest BCUT2D eigenvalue weighted by molar-refractivity contribution is 5.97. The number of carbonyl (C=O) groups excluding carboxylic acids is 2. The van der Waals surface area contributed by atoms with Crippen LogP contribution >= 0.6 is 0 Å². The minimum Gasteiger partial charge on any atom is -0.464 e. The number of fused-ring (bicyclic) bond motifs is 1. The lowest BCUT2D eigenvalue weighted by atomic mass is 10.1. The SMILES string of the molecule is CCOC(=O)C(C)NC(=O)c1ccc2c(c1)NCC2. The molecule has 1 amide bonds. The third-order valence-electron chi connectivity index (χ3n) is 3.07. The fraction of sp³-hybridized carbons (Fsp3) is 0.429. The van der Waals surface area contributed by atoms with Crippen molar-refractivity contribution in [3.63, 3.8) is 0 Å². The zero-order valence-corrected chi connectivity index (χ0v) is 11.2. The molecule has 0 saturated heterocycles. The molecular weight excluding hydrogens is 244 g/mol. The third kappa shape index (κ3) is 3.05. The maximum absolute atomic E-state index is 12.0. The fourth-order valence-corrected chi connectivity index (χ4v) is 2.04. The Labute approximate surface area is 112 Å². The second-order valence-electron chi connectivity index (χ2n) is 4.50. The van der Waals surface area contributed by atoms with Gasteiger partial charge < -0.3 is 15.4 Å². The van der Waals surface area contributed by atoms with E-state index in [0.29, 0.717) is 12.2 Å². The molecule has 1 atom stereocenters. The average molecular weight is 262 g/mol. The Hall–Kier alpha value is -2.04. The van der Waals surface area contributed by atoms with Crippen molar-refractivity contribution in [2.75, 3.05) is 18.5 Å². The van der Waals surface area contributed by atoms with Gasteiger partial charge in [0.2, 0.25) is 0 Å². The molecule has 0 fully saturated rings. The van der Waals surface area contributed by atoms with Crippen LogP contribution in [0, 0.1) is 0 Å². The molecule has 102 valence electrons. The van der Waals surface area contributed by atoms with Crippen molar-refractivity contribution in [2.24, 2.45) is 0 Å². The average Bonchev–Trinajstić information content (AvgIpc) is 2.85. The first-order valence-corrected chi connectivity index (χ1v) is 6.46. The molecule has 0 bridgehead atoms. The molecule has 5 nitrogen and oxygen atoms in total. The third-order valence-corrected chi connectivity index (χ3v) is 3.07. The standard InChI is InChI=1S/C14H18N2O3/c1-3-19-14(18)9(2)16-13(17)11-5-4-10-6-7-15-12(10)8-11/h4-5,8-9,15H,3,6-7H2,1-2H3,(H,16,17). The predicted molar refractivity (Wildman–Crippen MR) is 72.2 cm³/mol. The second kappa shape index (κ2) is 5.73. The first kappa shape index (κ1) is 13.4. The van der Waals surface area contributed by atoms with Crippen LogP contribution < -0.4 is 10.6 Å². The number of ether oxygens (including phenoxy) is 1. The van der Waals surface area contributed by atoms with Crippen LogP contribution in [-0.2, 0) is 16.0 Å². The number of esters is 1. The van der Waals surface area contributed by atoms with Gasteiger partial charge in [0.1, 0.15) is 6.04 Å². The number of carbonyl (C=O) groups is 2. The van der Waals surface area contributed by atoms with E-state index in [4.69, 9.17) is 4.74 Å². The van der Waals surface area contributed by atoms with Gasteiger partial charge in [-0.2, -0.15) is 0 Å². The first-order valence-electron chi connectivity index (χ1n) is 6.46. The van der Waals surface area contributed by atoms with E-state index < -0.39 is 12.0 Å². The summed E-state index contributed by atoms with van der Waals surface area (Å²) in [7, 11) is 0. The highest BCUT2D eigenvalue weighted by Gasteiger charge is 2.19. The van der Waals surface area contributed by atoms with Gasteiger partial charge in [-0.1, -0.05) is 6.07 Å². The molecule has 5 heteroatoms. The maximum Gasteiger partial charge on any atom is 0.328 e. The van der Waals surface area contributed by atoms with Crippen molar-refractivity contribution >= 4 is 17.6 Å². The van der Waals surface area contributed by atoms with Gasteiger partial charge in [0, 0.05) is 17.8 Å². The van der Waals surface area contributed by atoms with Crippen LogP contribution in [0.25, 0.3) is 0 Å². The topological polar surface area (TPSA) is 67.4 Å². The van der Waals surface area contributed by atoms with Gasteiger partial charge in [0.05, 0.1) is 6.61 Å². The minimum absolute atomic E-state index is 0.267. The van der Waals surface area contributed by atoms with Crippen LogP contribution in [-0.4, -0.2) is 31.1 Å². The Kier molecular flexibility index (Phi) is 4.04. The Bertz CT molecular complexity index is 499. The number of amides is 1.